The van der Waals surface area contributed by atoms with E-state index in [4.69, 9.17) is 4.52 Å². The first-order valence-electron chi connectivity index (χ1n) is 9.76. The molecule has 2 amide bonds. The molecule has 29 heavy (non-hydrogen) atoms. The first-order valence-corrected chi connectivity index (χ1v) is 11.0. The van der Waals surface area contributed by atoms with Gasteiger partial charge in [-0.15, -0.1) is 11.8 Å². The number of hydrogen-bond donors (Lipinski definition) is 1. The minimum atomic E-state index is -0.207. The highest BCUT2D eigenvalue weighted by Gasteiger charge is 2.32. The Kier molecular flexibility index (Phi) is 5.85. The zero-order valence-electron chi connectivity index (χ0n) is 16.6. The van der Waals surface area contributed by atoms with Crippen LogP contribution in [-0.2, 0) is 0 Å². The van der Waals surface area contributed by atoms with Gasteiger partial charge in [-0.05, 0) is 56.7 Å². The molecule has 1 atom stereocenters. The van der Waals surface area contributed by atoms with Crippen LogP contribution in [0.25, 0.3) is 11.4 Å². The average molecular weight is 409 g/mol. The molecule has 2 aromatic carbocycles. The molecule has 0 radical (unpaired) electrons. The highest BCUT2D eigenvalue weighted by atomic mass is 32.2. The predicted molar refractivity (Wildman–Crippen MR) is 115 cm³/mol. The number of piperidine rings is 1. The van der Waals surface area contributed by atoms with Crippen LogP contribution < -0.4 is 5.32 Å². The van der Waals surface area contributed by atoms with Crippen molar-refractivity contribution < 1.29 is 9.32 Å². The molecule has 6 nitrogen and oxygen atoms in total. The van der Waals surface area contributed by atoms with E-state index in [1.807, 2.05) is 61.7 Å². The minimum Gasteiger partial charge on any atom is -0.337 e. The van der Waals surface area contributed by atoms with E-state index < -0.39 is 0 Å². The number of anilines is 1. The third-order valence-electron chi connectivity index (χ3n) is 5.14. The molecule has 7 heteroatoms. The van der Waals surface area contributed by atoms with Crippen molar-refractivity contribution in [3.05, 3.63) is 60.0 Å². The third-order valence-corrected chi connectivity index (χ3v) is 5.89. The van der Waals surface area contributed by atoms with Gasteiger partial charge in [0.25, 0.3) is 0 Å². The maximum atomic E-state index is 12.9. The molecule has 1 N–H and O–H groups in total. The summed E-state index contributed by atoms with van der Waals surface area (Å²) in [4.78, 5) is 20.5. The molecular weight excluding hydrogens is 384 g/mol. The van der Waals surface area contributed by atoms with Crippen molar-refractivity contribution >= 4 is 23.5 Å². The second-order valence-electron chi connectivity index (χ2n) is 7.19. The van der Waals surface area contributed by atoms with E-state index in [0.717, 1.165) is 35.4 Å². The number of urea groups is 1. The van der Waals surface area contributed by atoms with Crippen molar-refractivity contribution in [2.24, 2.45) is 0 Å². The molecule has 1 unspecified atom stereocenters. The second kappa shape index (κ2) is 8.69. The Morgan fingerprint density at radius 3 is 2.62 bits per heavy atom. The second-order valence-corrected chi connectivity index (χ2v) is 8.07. The van der Waals surface area contributed by atoms with E-state index in [9.17, 15) is 4.79 Å². The zero-order valence-corrected chi connectivity index (χ0v) is 17.4. The molecule has 1 saturated heterocycles. The number of benzene rings is 2. The van der Waals surface area contributed by atoms with Gasteiger partial charge in [-0.2, -0.15) is 4.98 Å². The number of rotatable bonds is 4. The number of carbonyl (C=O) groups excluding carboxylic acids is 1. The molecule has 0 bridgehead atoms. The topological polar surface area (TPSA) is 71.3 Å². The van der Waals surface area contributed by atoms with E-state index >= 15 is 0 Å². The first kappa shape index (κ1) is 19.5. The number of aromatic nitrogens is 2. The third kappa shape index (κ3) is 4.45. The molecule has 0 saturated carbocycles. The van der Waals surface area contributed by atoms with Gasteiger partial charge in [0.1, 0.15) is 6.04 Å². The van der Waals surface area contributed by atoms with Crippen molar-refractivity contribution in [2.75, 3.05) is 18.1 Å². The van der Waals surface area contributed by atoms with Gasteiger partial charge in [-0.1, -0.05) is 35.0 Å². The highest BCUT2D eigenvalue weighted by Crippen LogP contribution is 2.32. The summed E-state index contributed by atoms with van der Waals surface area (Å²) in [5, 5.41) is 7.14. The molecule has 150 valence electrons. The summed E-state index contributed by atoms with van der Waals surface area (Å²) in [5.74, 6) is 1.05. The van der Waals surface area contributed by atoms with E-state index in [1.54, 1.807) is 16.7 Å². The van der Waals surface area contributed by atoms with Crippen LogP contribution in [0.4, 0.5) is 10.5 Å². The standard InChI is InChI=1S/C22H24N4O2S/c1-15-6-8-16(9-7-15)20-24-21(28-25-20)19-5-3-4-14-26(19)22(27)23-17-10-12-18(29-2)13-11-17/h6-13,19H,3-5,14H2,1-2H3,(H,23,27). The minimum absolute atomic E-state index is 0.137. The summed E-state index contributed by atoms with van der Waals surface area (Å²) in [6.07, 6.45) is 4.84. The van der Waals surface area contributed by atoms with Crippen LogP contribution in [0.3, 0.4) is 0 Å². The van der Waals surface area contributed by atoms with Gasteiger partial charge < -0.3 is 14.7 Å². The Hall–Kier alpha value is -2.80. The Morgan fingerprint density at radius 1 is 1.14 bits per heavy atom. The van der Waals surface area contributed by atoms with Crippen molar-refractivity contribution in [1.29, 1.82) is 0 Å². The lowest BCUT2D eigenvalue weighted by atomic mass is 10.0. The lowest BCUT2D eigenvalue weighted by Crippen LogP contribution is -2.41. The Morgan fingerprint density at radius 2 is 1.90 bits per heavy atom. The van der Waals surface area contributed by atoms with E-state index in [-0.39, 0.29) is 12.1 Å². The number of likely N-dealkylation sites (tertiary alicyclic amines) is 1. The summed E-state index contributed by atoms with van der Waals surface area (Å²) >= 11 is 1.67. The lowest BCUT2D eigenvalue weighted by molar-refractivity contribution is 0.142. The SMILES string of the molecule is CSc1ccc(NC(=O)N2CCCCC2c2nc(-c3ccc(C)cc3)no2)cc1. The highest BCUT2D eigenvalue weighted by molar-refractivity contribution is 7.98. The van der Waals surface area contributed by atoms with E-state index in [1.165, 1.54) is 5.56 Å². The smallest absolute Gasteiger partial charge is 0.322 e. The summed E-state index contributed by atoms with van der Waals surface area (Å²) in [6, 6.07) is 15.5. The lowest BCUT2D eigenvalue weighted by Gasteiger charge is -2.33. The molecule has 0 aliphatic carbocycles. The van der Waals surface area contributed by atoms with Crippen LogP contribution in [0.15, 0.2) is 57.9 Å². The summed E-state index contributed by atoms with van der Waals surface area (Å²) in [7, 11) is 0. The monoisotopic (exact) mass is 408 g/mol. The molecular formula is C22H24N4O2S. The summed E-state index contributed by atoms with van der Waals surface area (Å²) < 4.78 is 5.56. The van der Waals surface area contributed by atoms with Gasteiger partial charge >= 0.3 is 6.03 Å². The summed E-state index contributed by atoms with van der Waals surface area (Å²) in [6.45, 7) is 2.71. The van der Waals surface area contributed by atoms with Crippen LogP contribution >= 0.6 is 11.8 Å². The number of thioether (sulfide) groups is 1. The molecule has 1 fully saturated rings. The molecule has 0 spiro atoms. The maximum Gasteiger partial charge on any atom is 0.322 e. The summed E-state index contributed by atoms with van der Waals surface area (Å²) in [5.41, 5.74) is 2.87. The van der Waals surface area contributed by atoms with Gasteiger partial charge in [0.2, 0.25) is 11.7 Å². The van der Waals surface area contributed by atoms with Crippen molar-refractivity contribution in [1.82, 2.24) is 15.0 Å². The molecule has 1 aromatic heterocycles. The van der Waals surface area contributed by atoms with Gasteiger partial charge in [-0.25, -0.2) is 4.79 Å². The average Bonchev–Trinajstić information content (AvgIpc) is 3.25. The molecule has 2 heterocycles. The van der Waals surface area contributed by atoms with Crippen LogP contribution in [0, 0.1) is 6.92 Å². The quantitative estimate of drug-likeness (QED) is 0.575. The van der Waals surface area contributed by atoms with Crippen LogP contribution in [0.5, 0.6) is 0 Å². The number of nitrogens with zero attached hydrogens (tertiary/aromatic N) is 3. The van der Waals surface area contributed by atoms with Gasteiger partial charge in [0, 0.05) is 22.7 Å². The number of nitrogens with one attached hydrogen (secondary N) is 1. The largest absolute Gasteiger partial charge is 0.337 e. The van der Waals surface area contributed by atoms with Crippen molar-refractivity contribution in [2.45, 2.75) is 37.1 Å². The fourth-order valence-electron chi connectivity index (χ4n) is 3.49. The van der Waals surface area contributed by atoms with Crippen molar-refractivity contribution in [3.63, 3.8) is 0 Å². The van der Waals surface area contributed by atoms with Gasteiger partial charge in [0.15, 0.2) is 0 Å². The number of amides is 2. The zero-order chi connectivity index (χ0) is 20.2. The molecule has 4 rings (SSSR count). The fourth-order valence-corrected chi connectivity index (χ4v) is 3.90. The van der Waals surface area contributed by atoms with Crippen LogP contribution in [-0.4, -0.2) is 33.9 Å². The van der Waals surface area contributed by atoms with E-state index in [0.29, 0.717) is 18.3 Å². The maximum absolute atomic E-state index is 12.9. The fraction of sp³-hybridized carbons (Fsp3) is 0.318. The van der Waals surface area contributed by atoms with Crippen LogP contribution in [0.2, 0.25) is 0 Å². The van der Waals surface area contributed by atoms with E-state index in [2.05, 4.69) is 15.5 Å². The predicted octanol–water partition coefficient (Wildman–Crippen LogP) is 5.53. The Bertz CT molecular complexity index is 969. The first-order chi connectivity index (χ1) is 14.1. The van der Waals surface area contributed by atoms with Gasteiger partial charge in [0.05, 0.1) is 0 Å². The number of hydrogen-bond acceptors (Lipinski definition) is 5. The molecule has 1 aliphatic rings. The number of aryl methyl sites for hydroxylation is 1. The molecule has 3 aromatic rings. The van der Waals surface area contributed by atoms with Crippen molar-refractivity contribution in [3.8, 4) is 11.4 Å². The Labute approximate surface area is 174 Å². The normalized spacial score (nSPS) is 16.6. The van der Waals surface area contributed by atoms with Gasteiger partial charge in [-0.3, -0.25) is 0 Å². The Balaban J connectivity index is 1.51. The molecule has 1 aliphatic heterocycles. The number of carbonyl (C=O) groups is 1. The van der Waals surface area contributed by atoms with Crippen LogP contribution in [0.1, 0.15) is 36.8 Å².